The SMILES string of the molecule is Ic1nsc(CC2CCCO2)n1. The van der Waals surface area contributed by atoms with Crippen LogP contribution in [0.15, 0.2) is 0 Å². The molecular weight excluding hydrogens is 287 g/mol. The van der Waals surface area contributed by atoms with Gasteiger partial charge in [-0.3, -0.25) is 0 Å². The third kappa shape index (κ3) is 2.14. The van der Waals surface area contributed by atoms with Gasteiger partial charge in [0.15, 0.2) is 0 Å². The van der Waals surface area contributed by atoms with Crippen molar-refractivity contribution in [2.75, 3.05) is 6.61 Å². The average molecular weight is 296 g/mol. The first-order valence-corrected chi connectivity index (χ1v) is 5.79. The highest BCUT2D eigenvalue weighted by Gasteiger charge is 2.17. The third-order valence-electron chi connectivity index (χ3n) is 1.87. The van der Waals surface area contributed by atoms with Crippen molar-refractivity contribution in [2.45, 2.75) is 25.4 Å². The normalized spacial score (nSPS) is 23.2. The van der Waals surface area contributed by atoms with Gasteiger partial charge in [0.2, 0.25) is 3.83 Å². The molecule has 0 saturated carbocycles. The first-order valence-electron chi connectivity index (χ1n) is 3.94. The summed E-state index contributed by atoms with van der Waals surface area (Å²) in [5.41, 5.74) is 0. The molecule has 0 aromatic carbocycles. The highest BCUT2D eigenvalue weighted by molar-refractivity contribution is 14.1. The molecule has 1 saturated heterocycles. The van der Waals surface area contributed by atoms with Crippen molar-refractivity contribution in [2.24, 2.45) is 0 Å². The summed E-state index contributed by atoms with van der Waals surface area (Å²) in [6.07, 6.45) is 3.71. The topological polar surface area (TPSA) is 35.0 Å². The molecule has 0 radical (unpaired) electrons. The number of aromatic nitrogens is 2. The first kappa shape index (κ1) is 8.83. The second-order valence-corrected chi connectivity index (χ2v) is 4.60. The van der Waals surface area contributed by atoms with E-state index in [2.05, 4.69) is 31.9 Å². The zero-order valence-electron chi connectivity index (χ0n) is 6.49. The molecule has 1 aliphatic rings. The Morgan fingerprint density at radius 3 is 3.17 bits per heavy atom. The predicted molar refractivity (Wildman–Crippen MR) is 55.3 cm³/mol. The van der Waals surface area contributed by atoms with Gasteiger partial charge in [-0.15, -0.1) is 0 Å². The Bertz CT molecular complexity index is 260. The van der Waals surface area contributed by atoms with E-state index < -0.39 is 0 Å². The van der Waals surface area contributed by atoms with Gasteiger partial charge < -0.3 is 4.74 Å². The lowest BCUT2D eigenvalue weighted by atomic mass is 10.2. The molecule has 1 unspecified atom stereocenters. The minimum atomic E-state index is 0.397. The summed E-state index contributed by atoms with van der Waals surface area (Å²) in [7, 11) is 0. The Morgan fingerprint density at radius 2 is 2.58 bits per heavy atom. The quantitative estimate of drug-likeness (QED) is 0.781. The summed E-state index contributed by atoms with van der Waals surface area (Å²) in [6, 6.07) is 0. The fourth-order valence-electron chi connectivity index (χ4n) is 1.32. The number of hydrogen-bond acceptors (Lipinski definition) is 4. The van der Waals surface area contributed by atoms with Crippen LogP contribution in [0.3, 0.4) is 0 Å². The van der Waals surface area contributed by atoms with Crippen LogP contribution in [-0.2, 0) is 11.2 Å². The third-order valence-corrected chi connectivity index (χ3v) is 3.41. The second kappa shape index (κ2) is 3.97. The van der Waals surface area contributed by atoms with Crippen molar-refractivity contribution in [3.63, 3.8) is 0 Å². The van der Waals surface area contributed by atoms with E-state index in [9.17, 15) is 0 Å². The second-order valence-electron chi connectivity index (χ2n) is 2.80. The van der Waals surface area contributed by atoms with Gasteiger partial charge in [0.25, 0.3) is 0 Å². The smallest absolute Gasteiger partial charge is 0.203 e. The lowest BCUT2D eigenvalue weighted by Crippen LogP contribution is -2.08. The van der Waals surface area contributed by atoms with Crippen LogP contribution in [-0.4, -0.2) is 22.1 Å². The largest absolute Gasteiger partial charge is 0.378 e. The minimum Gasteiger partial charge on any atom is -0.378 e. The van der Waals surface area contributed by atoms with E-state index in [0.717, 1.165) is 21.9 Å². The molecule has 0 N–H and O–H groups in total. The van der Waals surface area contributed by atoms with Crippen LogP contribution in [0.1, 0.15) is 17.8 Å². The van der Waals surface area contributed by atoms with Crippen molar-refractivity contribution in [1.29, 1.82) is 0 Å². The van der Waals surface area contributed by atoms with E-state index in [1.54, 1.807) is 0 Å². The predicted octanol–water partition coefficient (Wildman–Crippen LogP) is 1.86. The van der Waals surface area contributed by atoms with Crippen molar-refractivity contribution in [3.8, 4) is 0 Å². The Kier molecular flexibility index (Phi) is 2.92. The number of halogens is 1. The Hall–Kier alpha value is 0.250. The Morgan fingerprint density at radius 1 is 1.67 bits per heavy atom. The summed E-state index contributed by atoms with van der Waals surface area (Å²) >= 11 is 3.62. The van der Waals surface area contributed by atoms with Gasteiger partial charge in [0.05, 0.1) is 6.10 Å². The van der Waals surface area contributed by atoms with Crippen LogP contribution in [0.4, 0.5) is 0 Å². The maximum absolute atomic E-state index is 5.50. The van der Waals surface area contributed by atoms with Crippen LogP contribution in [0, 0.1) is 3.83 Å². The summed E-state index contributed by atoms with van der Waals surface area (Å²) in [6.45, 7) is 0.917. The zero-order chi connectivity index (χ0) is 8.39. The molecule has 1 aromatic rings. The van der Waals surface area contributed by atoms with E-state index in [1.165, 1.54) is 24.4 Å². The first-order chi connectivity index (χ1) is 5.84. The fraction of sp³-hybridized carbons (Fsp3) is 0.714. The molecule has 3 nitrogen and oxygen atoms in total. The molecular formula is C7H9IN2OS. The standard InChI is InChI=1S/C7H9IN2OS/c8-7-9-6(12-10-7)4-5-2-1-3-11-5/h5H,1-4H2. The van der Waals surface area contributed by atoms with E-state index in [1.807, 2.05) is 0 Å². The summed E-state index contributed by atoms with van der Waals surface area (Å²) in [5.74, 6) is 0. The van der Waals surface area contributed by atoms with Gasteiger partial charge in [0, 0.05) is 35.6 Å². The zero-order valence-corrected chi connectivity index (χ0v) is 9.47. The Labute approximate surface area is 88.8 Å². The molecule has 2 rings (SSSR count). The van der Waals surface area contributed by atoms with Crippen LogP contribution in [0.25, 0.3) is 0 Å². The number of hydrogen-bond donors (Lipinski definition) is 0. The molecule has 2 heterocycles. The number of ether oxygens (including phenoxy) is 1. The van der Waals surface area contributed by atoms with Gasteiger partial charge in [-0.25, -0.2) is 4.98 Å². The average Bonchev–Trinajstić information content (AvgIpc) is 2.63. The molecule has 12 heavy (non-hydrogen) atoms. The van der Waals surface area contributed by atoms with E-state index in [0.29, 0.717) is 6.10 Å². The van der Waals surface area contributed by atoms with Crippen LogP contribution >= 0.6 is 34.1 Å². The molecule has 0 spiro atoms. The van der Waals surface area contributed by atoms with Gasteiger partial charge >= 0.3 is 0 Å². The molecule has 5 heteroatoms. The van der Waals surface area contributed by atoms with Crippen molar-refractivity contribution < 1.29 is 4.74 Å². The number of rotatable bonds is 2. The van der Waals surface area contributed by atoms with E-state index in [-0.39, 0.29) is 0 Å². The van der Waals surface area contributed by atoms with E-state index in [4.69, 9.17) is 4.74 Å². The molecule has 0 bridgehead atoms. The minimum absolute atomic E-state index is 0.397. The van der Waals surface area contributed by atoms with Crippen molar-refractivity contribution in [1.82, 2.24) is 9.36 Å². The molecule has 1 atom stereocenters. The summed E-state index contributed by atoms with van der Waals surface area (Å²) in [5, 5.41) is 1.10. The molecule has 1 aromatic heterocycles. The summed E-state index contributed by atoms with van der Waals surface area (Å²) < 4.78 is 10.5. The van der Waals surface area contributed by atoms with Gasteiger partial charge in [-0.2, -0.15) is 4.37 Å². The highest BCUT2D eigenvalue weighted by atomic mass is 127. The van der Waals surface area contributed by atoms with Crippen LogP contribution in [0.5, 0.6) is 0 Å². The van der Waals surface area contributed by atoms with Crippen molar-refractivity contribution >= 4 is 34.1 Å². The van der Waals surface area contributed by atoms with Gasteiger partial charge in [0.1, 0.15) is 5.01 Å². The fourth-order valence-corrected chi connectivity index (χ4v) is 2.68. The highest BCUT2D eigenvalue weighted by Crippen LogP contribution is 2.18. The van der Waals surface area contributed by atoms with Gasteiger partial charge in [-0.05, 0) is 24.4 Å². The lowest BCUT2D eigenvalue weighted by molar-refractivity contribution is 0.111. The molecule has 1 aliphatic heterocycles. The summed E-state index contributed by atoms with van der Waals surface area (Å²) in [4.78, 5) is 4.29. The maximum Gasteiger partial charge on any atom is 0.203 e. The van der Waals surface area contributed by atoms with Crippen molar-refractivity contribution in [3.05, 3.63) is 8.84 Å². The number of nitrogens with zero attached hydrogens (tertiary/aromatic N) is 2. The molecule has 66 valence electrons. The molecule has 1 fully saturated rings. The van der Waals surface area contributed by atoms with Gasteiger partial charge in [-0.1, -0.05) is 0 Å². The molecule has 0 aliphatic carbocycles. The van der Waals surface area contributed by atoms with Crippen LogP contribution < -0.4 is 0 Å². The Balaban J connectivity index is 1.94. The monoisotopic (exact) mass is 296 g/mol. The van der Waals surface area contributed by atoms with Crippen LogP contribution in [0.2, 0.25) is 0 Å². The molecule has 0 amide bonds. The maximum atomic E-state index is 5.50. The van der Waals surface area contributed by atoms with E-state index >= 15 is 0 Å². The lowest BCUT2D eigenvalue weighted by Gasteiger charge is -2.04.